The van der Waals surface area contributed by atoms with Crippen LogP contribution in [0, 0.1) is 34.5 Å². The first-order valence-corrected chi connectivity index (χ1v) is 19.1. The molecule has 1 aliphatic carbocycles. The van der Waals surface area contributed by atoms with Crippen LogP contribution in [0.2, 0.25) is 0 Å². The van der Waals surface area contributed by atoms with Crippen molar-refractivity contribution >= 4 is 5.69 Å². The Kier molecular flexibility index (Phi) is 15.5. The molecule has 0 spiro atoms. The summed E-state index contributed by atoms with van der Waals surface area (Å²) in [6.07, 6.45) is 13.8. The SMILES string of the molecule is CCC(CC)CNc1c(C(C)C)cc(CCC2=CC(CC)(C(C)C)C(NCC(CC)CC)C(CC)(C(C)C)C2)cc1C(C)C. The van der Waals surface area contributed by atoms with Gasteiger partial charge in [-0.15, -0.1) is 0 Å². The van der Waals surface area contributed by atoms with Crippen LogP contribution in [0.3, 0.4) is 0 Å². The summed E-state index contributed by atoms with van der Waals surface area (Å²) in [7, 11) is 0. The molecule has 0 radical (unpaired) electrons. The van der Waals surface area contributed by atoms with Gasteiger partial charge in [-0.3, -0.25) is 0 Å². The molecule has 2 N–H and O–H groups in total. The number of hydrogen-bond donors (Lipinski definition) is 2. The van der Waals surface area contributed by atoms with Gasteiger partial charge in [0.25, 0.3) is 0 Å². The molecule has 2 nitrogen and oxygen atoms in total. The van der Waals surface area contributed by atoms with Crippen molar-refractivity contribution in [2.24, 2.45) is 34.5 Å². The Morgan fingerprint density at radius 3 is 1.61 bits per heavy atom. The molecule has 1 aromatic carbocycles. The monoisotopic (exact) mass is 609 g/mol. The van der Waals surface area contributed by atoms with Gasteiger partial charge in [0, 0.05) is 23.7 Å². The Morgan fingerprint density at radius 1 is 0.682 bits per heavy atom. The maximum absolute atomic E-state index is 4.29. The van der Waals surface area contributed by atoms with E-state index in [1.165, 1.54) is 73.7 Å². The zero-order valence-corrected chi connectivity index (χ0v) is 32.1. The minimum atomic E-state index is 0.189. The number of aryl methyl sites for hydroxylation is 1. The summed E-state index contributed by atoms with van der Waals surface area (Å²) in [4.78, 5) is 0. The molecule has 0 fully saturated rings. The van der Waals surface area contributed by atoms with Crippen molar-refractivity contribution in [2.45, 2.75) is 173 Å². The smallest absolute Gasteiger partial charge is 0.0410 e. The van der Waals surface area contributed by atoms with Gasteiger partial charge in [-0.25, -0.2) is 0 Å². The number of allylic oxidation sites excluding steroid dienone is 1. The van der Waals surface area contributed by atoms with Crippen molar-refractivity contribution in [2.75, 3.05) is 18.4 Å². The third-order valence-electron chi connectivity index (χ3n) is 12.4. The Bertz CT molecular complexity index is 980. The van der Waals surface area contributed by atoms with Gasteiger partial charge in [0.1, 0.15) is 0 Å². The lowest BCUT2D eigenvalue weighted by molar-refractivity contribution is -0.00245. The molecule has 0 heterocycles. The lowest BCUT2D eigenvalue weighted by Crippen LogP contribution is -2.61. The van der Waals surface area contributed by atoms with E-state index < -0.39 is 0 Å². The molecule has 3 unspecified atom stereocenters. The topological polar surface area (TPSA) is 24.1 Å². The summed E-state index contributed by atoms with van der Waals surface area (Å²) < 4.78 is 0. The number of benzene rings is 1. The lowest BCUT2D eigenvalue weighted by atomic mass is 9.50. The fraction of sp³-hybridized carbons (Fsp3) is 0.810. The fourth-order valence-corrected chi connectivity index (χ4v) is 8.62. The molecule has 0 saturated carbocycles. The molecule has 1 aromatic rings. The maximum atomic E-state index is 4.29. The predicted octanol–water partition coefficient (Wildman–Crippen LogP) is 12.5. The molecule has 44 heavy (non-hydrogen) atoms. The van der Waals surface area contributed by atoms with Gasteiger partial charge in [0.15, 0.2) is 0 Å². The maximum Gasteiger partial charge on any atom is 0.0410 e. The Labute approximate surface area is 276 Å². The average Bonchev–Trinajstić information content (AvgIpc) is 3.00. The van der Waals surface area contributed by atoms with Crippen LogP contribution in [0.1, 0.15) is 177 Å². The largest absolute Gasteiger partial charge is 0.384 e. The van der Waals surface area contributed by atoms with E-state index >= 15 is 0 Å². The van der Waals surface area contributed by atoms with Crippen LogP contribution in [0.15, 0.2) is 23.8 Å². The van der Waals surface area contributed by atoms with Crippen LogP contribution in [0.4, 0.5) is 5.69 Å². The molecule has 254 valence electrons. The third kappa shape index (κ3) is 8.74. The predicted molar refractivity (Wildman–Crippen MR) is 199 cm³/mol. The Hall–Kier alpha value is -1.28. The van der Waals surface area contributed by atoms with Crippen LogP contribution >= 0.6 is 0 Å². The minimum Gasteiger partial charge on any atom is -0.384 e. The van der Waals surface area contributed by atoms with E-state index in [0.29, 0.717) is 29.7 Å². The van der Waals surface area contributed by atoms with Crippen molar-refractivity contribution in [3.63, 3.8) is 0 Å². The molecular formula is C42H76N2. The van der Waals surface area contributed by atoms with Gasteiger partial charge in [-0.1, -0.05) is 146 Å². The summed E-state index contributed by atoms with van der Waals surface area (Å²) in [5, 5.41) is 8.24. The highest BCUT2D eigenvalue weighted by Gasteiger charge is 2.53. The Morgan fingerprint density at radius 2 is 1.20 bits per heavy atom. The minimum absolute atomic E-state index is 0.189. The zero-order valence-electron chi connectivity index (χ0n) is 32.1. The van der Waals surface area contributed by atoms with Gasteiger partial charge in [-0.05, 0) is 96.3 Å². The first-order chi connectivity index (χ1) is 20.8. The van der Waals surface area contributed by atoms with E-state index in [-0.39, 0.29) is 10.8 Å². The van der Waals surface area contributed by atoms with Crippen LogP contribution in [0.25, 0.3) is 0 Å². The van der Waals surface area contributed by atoms with E-state index in [2.05, 4.69) is 126 Å². The van der Waals surface area contributed by atoms with Crippen LogP contribution in [0.5, 0.6) is 0 Å². The van der Waals surface area contributed by atoms with Crippen LogP contribution in [-0.2, 0) is 6.42 Å². The van der Waals surface area contributed by atoms with Crippen molar-refractivity contribution in [3.05, 3.63) is 40.5 Å². The molecule has 2 heteroatoms. The molecule has 0 aromatic heterocycles. The zero-order chi connectivity index (χ0) is 33.2. The highest BCUT2D eigenvalue weighted by Crippen LogP contribution is 2.56. The first kappa shape index (κ1) is 38.9. The van der Waals surface area contributed by atoms with Crippen molar-refractivity contribution in [1.82, 2.24) is 5.32 Å². The van der Waals surface area contributed by atoms with E-state index in [1.807, 2.05) is 0 Å². The second kappa shape index (κ2) is 17.6. The lowest BCUT2D eigenvalue weighted by Gasteiger charge is -2.58. The normalized spacial score (nSPS) is 22.7. The number of nitrogens with one attached hydrogen (secondary N) is 2. The van der Waals surface area contributed by atoms with Crippen molar-refractivity contribution in [3.8, 4) is 0 Å². The van der Waals surface area contributed by atoms with Gasteiger partial charge >= 0.3 is 0 Å². The summed E-state index contributed by atoms with van der Waals surface area (Å²) in [5.74, 6) is 3.76. The average molecular weight is 609 g/mol. The quantitative estimate of drug-likeness (QED) is 0.153. The highest BCUT2D eigenvalue weighted by molar-refractivity contribution is 5.61. The van der Waals surface area contributed by atoms with Crippen molar-refractivity contribution < 1.29 is 0 Å². The summed E-state index contributed by atoms with van der Waals surface area (Å²) in [6.45, 7) is 36.1. The van der Waals surface area contributed by atoms with Gasteiger partial charge in [-0.2, -0.15) is 0 Å². The fourth-order valence-electron chi connectivity index (χ4n) is 8.62. The number of rotatable bonds is 19. The van der Waals surface area contributed by atoms with E-state index in [1.54, 1.807) is 5.57 Å². The van der Waals surface area contributed by atoms with Crippen molar-refractivity contribution in [1.29, 1.82) is 0 Å². The molecule has 0 amide bonds. The van der Waals surface area contributed by atoms with E-state index in [9.17, 15) is 0 Å². The highest BCUT2D eigenvalue weighted by atomic mass is 15.0. The molecule has 2 rings (SSSR count). The number of hydrogen-bond acceptors (Lipinski definition) is 2. The molecule has 0 aliphatic heterocycles. The standard InChI is InChI=1S/C42H76N2/c1-15-33(16-2)27-43-39-37(29(7)8)23-35(24-38(39)30(9)10)21-22-36-25-41(19-5,31(11)12)40(44-28-34(17-3)18-4)42(20-6,26-36)32(13)14/h23-25,29-34,40,43-44H,15-22,26-28H2,1-14H3. The molecule has 3 atom stereocenters. The van der Waals surface area contributed by atoms with Gasteiger partial charge in [0.2, 0.25) is 0 Å². The Balaban J connectivity index is 2.54. The van der Waals surface area contributed by atoms with Gasteiger partial charge in [0.05, 0.1) is 0 Å². The van der Waals surface area contributed by atoms with Crippen LogP contribution < -0.4 is 10.6 Å². The molecule has 0 saturated heterocycles. The first-order valence-electron chi connectivity index (χ1n) is 19.1. The number of anilines is 1. The second-order valence-electron chi connectivity index (χ2n) is 15.9. The second-order valence-corrected chi connectivity index (χ2v) is 15.9. The third-order valence-corrected chi connectivity index (χ3v) is 12.4. The summed E-state index contributed by atoms with van der Waals surface area (Å²) in [6, 6.07) is 5.63. The summed E-state index contributed by atoms with van der Waals surface area (Å²) >= 11 is 0. The van der Waals surface area contributed by atoms with E-state index in [4.69, 9.17) is 0 Å². The van der Waals surface area contributed by atoms with Crippen LogP contribution in [-0.4, -0.2) is 19.1 Å². The van der Waals surface area contributed by atoms with Gasteiger partial charge < -0.3 is 10.6 Å². The molecular weight excluding hydrogens is 532 g/mol. The van der Waals surface area contributed by atoms with E-state index in [0.717, 1.165) is 31.3 Å². The molecule has 0 bridgehead atoms. The molecule has 1 aliphatic rings. The summed E-state index contributed by atoms with van der Waals surface area (Å²) in [5.41, 5.74) is 8.15.